The number of aryl methyl sites for hydroxylation is 1. The van der Waals surface area contributed by atoms with Crippen molar-refractivity contribution >= 4 is 51.4 Å². The third kappa shape index (κ3) is 3.35. The van der Waals surface area contributed by atoms with Crippen molar-refractivity contribution in [1.82, 2.24) is 29.9 Å². The summed E-state index contributed by atoms with van der Waals surface area (Å²) in [6.07, 6.45) is 5.10. The van der Waals surface area contributed by atoms with E-state index in [4.69, 9.17) is 22.3 Å². The van der Waals surface area contributed by atoms with Crippen LogP contribution in [0.3, 0.4) is 0 Å². The van der Waals surface area contributed by atoms with Gasteiger partial charge < -0.3 is 20.7 Å². The largest absolute Gasteiger partial charge is 0.390 e. The molecule has 4 aromatic rings. The summed E-state index contributed by atoms with van der Waals surface area (Å²) >= 11 is 8.01. The zero-order valence-corrected chi connectivity index (χ0v) is 17.7. The summed E-state index contributed by atoms with van der Waals surface area (Å²) in [5, 5.41) is 12.0. The lowest BCUT2D eigenvalue weighted by Crippen LogP contribution is -2.32. The summed E-state index contributed by atoms with van der Waals surface area (Å²) in [6.45, 7) is 2.91. The third-order valence-electron chi connectivity index (χ3n) is 5.12. The van der Waals surface area contributed by atoms with E-state index in [1.54, 1.807) is 18.6 Å². The summed E-state index contributed by atoms with van der Waals surface area (Å²) in [6, 6.07) is 1.57. The molecular weight excluding hydrogens is 424 g/mol. The molecule has 11 heteroatoms. The molecule has 0 amide bonds. The average Bonchev–Trinajstić information content (AvgIpc) is 3.26. The van der Waals surface area contributed by atoms with Gasteiger partial charge in [0.1, 0.15) is 17.0 Å². The van der Waals surface area contributed by atoms with Crippen LogP contribution in [0.2, 0.25) is 5.02 Å². The molecule has 2 atom stereocenters. The second-order valence-electron chi connectivity index (χ2n) is 7.13. The molecule has 0 saturated carbocycles. The van der Waals surface area contributed by atoms with E-state index in [1.807, 2.05) is 17.9 Å². The molecule has 1 fully saturated rings. The Hall–Kier alpha value is -2.53. The number of β-amino-alcohol motifs (C(OH)–C–C–N with tert-alkyl or cyclic N) is 1. The molecule has 9 nitrogen and oxygen atoms in total. The monoisotopic (exact) mass is 442 g/mol. The summed E-state index contributed by atoms with van der Waals surface area (Å²) in [5.74, 6) is 0.670. The molecule has 4 N–H and O–H groups in total. The number of hydrogen-bond acceptors (Lipinski definition) is 9. The minimum Gasteiger partial charge on any atom is -0.390 e. The van der Waals surface area contributed by atoms with Gasteiger partial charge in [0.2, 0.25) is 0 Å². The van der Waals surface area contributed by atoms with E-state index in [2.05, 4.69) is 24.9 Å². The number of rotatable bonds is 4. The number of nitrogens with one attached hydrogen (secondary N) is 1. The number of pyridine rings is 1. The first kappa shape index (κ1) is 19.4. The number of halogens is 1. The summed E-state index contributed by atoms with van der Waals surface area (Å²) in [5.41, 5.74) is 8.88. The van der Waals surface area contributed by atoms with Crippen molar-refractivity contribution in [2.45, 2.75) is 35.5 Å². The van der Waals surface area contributed by atoms with E-state index in [-0.39, 0.29) is 6.04 Å². The van der Waals surface area contributed by atoms with Crippen LogP contribution >= 0.6 is 23.4 Å². The minimum absolute atomic E-state index is 0.335. The molecule has 0 aliphatic carbocycles. The second-order valence-corrected chi connectivity index (χ2v) is 8.55. The smallest absolute Gasteiger partial charge is 0.196 e. The molecule has 0 radical (unpaired) electrons. The maximum Gasteiger partial charge on any atom is 0.196 e. The van der Waals surface area contributed by atoms with Gasteiger partial charge in [-0.3, -0.25) is 4.98 Å². The number of fused-ring (bicyclic) bond motifs is 2. The van der Waals surface area contributed by atoms with E-state index in [1.165, 1.54) is 11.8 Å². The van der Waals surface area contributed by atoms with Crippen molar-refractivity contribution < 1.29 is 5.11 Å². The van der Waals surface area contributed by atoms with E-state index in [9.17, 15) is 5.11 Å². The number of aliphatic hydroxyl groups excluding tert-OH is 1. The number of aromatic amines is 1. The van der Waals surface area contributed by atoms with Crippen molar-refractivity contribution in [3.63, 3.8) is 0 Å². The van der Waals surface area contributed by atoms with Crippen molar-refractivity contribution in [2.75, 3.05) is 18.0 Å². The molecule has 30 heavy (non-hydrogen) atoms. The highest BCUT2D eigenvalue weighted by Gasteiger charge is 2.32. The zero-order valence-electron chi connectivity index (χ0n) is 16.1. The van der Waals surface area contributed by atoms with Crippen LogP contribution in [0.25, 0.3) is 22.2 Å². The molecule has 5 heterocycles. The van der Waals surface area contributed by atoms with Crippen molar-refractivity contribution in [3.05, 3.63) is 35.4 Å². The number of aliphatic hydroxyl groups is 1. The zero-order chi connectivity index (χ0) is 20.8. The SMILES string of the molecule is CCc1[nH]c2nc(Sc3cnc4nccnc4c3)nc(N3CC(N)C(O)C3)c2c1Cl. The average molecular weight is 443 g/mol. The molecular formula is C19H19ClN8OS. The number of nitrogens with zero attached hydrogens (tertiary/aromatic N) is 6. The number of nitrogens with two attached hydrogens (primary N) is 1. The Morgan fingerprint density at radius 2 is 2.10 bits per heavy atom. The normalized spacial score (nSPS) is 19.3. The Balaban J connectivity index is 1.59. The fourth-order valence-electron chi connectivity index (χ4n) is 3.57. The summed E-state index contributed by atoms with van der Waals surface area (Å²) in [4.78, 5) is 28.4. The molecule has 0 spiro atoms. The van der Waals surface area contributed by atoms with Gasteiger partial charge in [-0.15, -0.1) is 0 Å². The van der Waals surface area contributed by atoms with Gasteiger partial charge in [0.15, 0.2) is 10.8 Å². The van der Waals surface area contributed by atoms with E-state index in [0.29, 0.717) is 45.9 Å². The van der Waals surface area contributed by atoms with Gasteiger partial charge >= 0.3 is 0 Å². The van der Waals surface area contributed by atoms with Gasteiger partial charge in [0, 0.05) is 48.3 Å². The van der Waals surface area contributed by atoms with Crippen LogP contribution in [0, 0.1) is 0 Å². The summed E-state index contributed by atoms with van der Waals surface area (Å²) < 4.78 is 0. The van der Waals surface area contributed by atoms with Gasteiger partial charge in [0.05, 0.1) is 16.5 Å². The quantitative estimate of drug-likeness (QED) is 0.407. The molecule has 5 rings (SSSR count). The first-order valence-corrected chi connectivity index (χ1v) is 10.7. The highest BCUT2D eigenvalue weighted by Crippen LogP contribution is 2.37. The van der Waals surface area contributed by atoms with Crippen LogP contribution in [-0.2, 0) is 6.42 Å². The molecule has 2 unspecified atom stereocenters. The standard InChI is InChI=1S/C19H19ClN8OS/c1-2-11-15(20)14-17(25-11)26-19(27-18(14)28-7-10(21)13(29)8-28)30-9-5-12-16(24-6-9)23-4-3-22-12/h3-6,10,13,29H,2,7-8,21H2,1H3,(H,25,26,27). The molecule has 1 aliphatic heterocycles. The lowest BCUT2D eigenvalue weighted by atomic mass is 10.2. The number of H-pyrrole nitrogens is 1. The third-order valence-corrected chi connectivity index (χ3v) is 6.36. The van der Waals surface area contributed by atoms with Crippen molar-refractivity contribution in [1.29, 1.82) is 0 Å². The predicted octanol–water partition coefficient (Wildman–Crippen LogP) is 2.17. The molecule has 0 bridgehead atoms. The van der Waals surface area contributed by atoms with Gasteiger partial charge in [-0.25, -0.2) is 19.9 Å². The lowest BCUT2D eigenvalue weighted by molar-refractivity contribution is 0.180. The molecule has 1 saturated heterocycles. The van der Waals surface area contributed by atoms with Crippen molar-refractivity contribution in [3.8, 4) is 0 Å². The molecule has 154 valence electrons. The fourth-order valence-corrected chi connectivity index (χ4v) is 4.68. The number of aromatic nitrogens is 6. The number of hydrogen-bond donors (Lipinski definition) is 3. The Kier molecular flexibility index (Phi) is 4.94. The number of anilines is 1. The Labute approximate surface area is 181 Å². The predicted molar refractivity (Wildman–Crippen MR) is 116 cm³/mol. The van der Waals surface area contributed by atoms with Gasteiger partial charge in [-0.05, 0) is 24.2 Å². The first-order valence-electron chi connectivity index (χ1n) is 9.54. The van der Waals surface area contributed by atoms with Gasteiger partial charge in [-0.2, -0.15) is 0 Å². The van der Waals surface area contributed by atoms with E-state index in [0.717, 1.165) is 22.4 Å². The van der Waals surface area contributed by atoms with Crippen LogP contribution in [0.4, 0.5) is 5.82 Å². The lowest BCUT2D eigenvalue weighted by Gasteiger charge is -2.18. The first-order chi connectivity index (χ1) is 14.5. The second kappa shape index (κ2) is 7.62. The van der Waals surface area contributed by atoms with Crippen LogP contribution in [0.1, 0.15) is 12.6 Å². The maximum atomic E-state index is 10.2. The highest BCUT2D eigenvalue weighted by molar-refractivity contribution is 7.99. The van der Waals surface area contributed by atoms with E-state index < -0.39 is 6.10 Å². The highest BCUT2D eigenvalue weighted by atomic mass is 35.5. The van der Waals surface area contributed by atoms with Gasteiger partial charge in [-0.1, -0.05) is 18.5 Å². The van der Waals surface area contributed by atoms with Crippen LogP contribution in [0.5, 0.6) is 0 Å². The Morgan fingerprint density at radius 1 is 1.27 bits per heavy atom. The van der Waals surface area contributed by atoms with Crippen molar-refractivity contribution in [2.24, 2.45) is 5.73 Å². The van der Waals surface area contributed by atoms with Crippen LogP contribution in [0.15, 0.2) is 34.7 Å². The molecule has 1 aliphatic rings. The molecule has 4 aromatic heterocycles. The Bertz CT molecular complexity index is 1240. The molecule has 0 aromatic carbocycles. The van der Waals surface area contributed by atoms with Crippen LogP contribution in [-0.4, -0.2) is 60.2 Å². The van der Waals surface area contributed by atoms with E-state index >= 15 is 0 Å². The maximum absolute atomic E-state index is 10.2. The van der Waals surface area contributed by atoms with Gasteiger partial charge in [0.25, 0.3) is 0 Å². The fraction of sp³-hybridized carbons (Fsp3) is 0.316. The minimum atomic E-state index is -0.613. The summed E-state index contributed by atoms with van der Waals surface area (Å²) in [7, 11) is 0. The van der Waals surface area contributed by atoms with Crippen LogP contribution < -0.4 is 10.6 Å². The topological polar surface area (TPSA) is 130 Å². The Morgan fingerprint density at radius 3 is 2.87 bits per heavy atom.